The van der Waals surface area contributed by atoms with Gasteiger partial charge in [0.25, 0.3) is 5.56 Å². The van der Waals surface area contributed by atoms with E-state index in [1.807, 2.05) is 4.98 Å². The molecule has 26 heavy (non-hydrogen) atoms. The minimum Gasteiger partial charge on any atom is -0.493 e. The zero-order chi connectivity index (χ0) is 19.4. The number of methoxy groups -OCH3 is 1. The smallest absolute Gasteiger partial charge is 0.342 e. The summed E-state index contributed by atoms with van der Waals surface area (Å²) in [5.41, 5.74) is 2.98. The van der Waals surface area contributed by atoms with Crippen LogP contribution in [-0.4, -0.2) is 52.6 Å². The zero-order valence-electron chi connectivity index (χ0n) is 13.6. The first kappa shape index (κ1) is 18.8. The van der Waals surface area contributed by atoms with E-state index >= 15 is 0 Å². The number of nitrogens with one attached hydrogen (secondary N) is 1. The van der Waals surface area contributed by atoms with Crippen molar-refractivity contribution < 1.29 is 34.4 Å². The second-order valence-corrected chi connectivity index (χ2v) is 5.04. The number of carboxylic acid groups (broad SMARTS) is 2. The first-order valence-corrected chi connectivity index (χ1v) is 7.26. The Balaban J connectivity index is 2.80. The standard InChI is InChI=1S/C16H16N2O8/c1-25-9-6-7(2-3-8(9)26-5-4-19)10-11(15(21)22)13(17)18-14(20)12(10)16(23)24/h2-3,6,19H,4-5H2,1H3,(H,21,22)(H,23,24)(H3,17,18,20). The SMILES string of the molecule is COc1cc(-c2c(C(=O)O)c(N)[nH]c(=O)c2C(=O)O)ccc1OCCO. The molecule has 0 fully saturated rings. The van der Waals surface area contributed by atoms with Crippen molar-refractivity contribution in [2.45, 2.75) is 0 Å². The van der Waals surface area contributed by atoms with Crippen molar-refractivity contribution in [3.63, 3.8) is 0 Å². The summed E-state index contributed by atoms with van der Waals surface area (Å²) < 4.78 is 10.4. The number of aliphatic hydroxyl groups is 1. The highest BCUT2D eigenvalue weighted by Gasteiger charge is 2.27. The molecule has 0 aliphatic rings. The molecule has 0 saturated carbocycles. The molecule has 1 heterocycles. The number of rotatable bonds is 7. The van der Waals surface area contributed by atoms with Gasteiger partial charge in [0, 0.05) is 5.56 Å². The van der Waals surface area contributed by atoms with Gasteiger partial charge in [-0.15, -0.1) is 0 Å². The number of pyridine rings is 1. The first-order valence-electron chi connectivity index (χ1n) is 7.26. The van der Waals surface area contributed by atoms with Crippen molar-refractivity contribution in [2.24, 2.45) is 0 Å². The van der Waals surface area contributed by atoms with E-state index in [9.17, 15) is 24.6 Å². The normalized spacial score (nSPS) is 10.4. The van der Waals surface area contributed by atoms with Crippen molar-refractivity contribution in [2.75, 3.05) is 26.1 Å². The van der Waals surface area contributed by atoms with Crippen LogP contribution in [0.2, 0.25) is 0 Å². The molecule has 0 spiro atoms. The van der Waals surface area contributed by atoms with E-state index < -0.39 is 34.4 Å². The first-order chi connectivity index (χ1) is 12.3. The van der Waals surface area contributed by atoms with E-state index in [0.29, 0.717) is 0 Å². The Hall–Kier alpha value is -3.53. The van der Waals surface area contributed by atoms with Crippen molar-refractivity contribution >= 4 is 17.8 Å². The van der Waals surface area contributed by atoms with Gasteiger partial charge in [-0.05, 0) is 17.7 Å². The van der Waals surface area contributed by atoms with Crippen molar-refractivity contribution in [3.05, 3.63) is 39.7 Å². The third-order valence-electron chi connectivity index (χ3n) is 3.47. The van der Waals surface area contributed by atoms with E-state index in [-0.39, 0.29) is 35.8 Å². The van der Waals surface area contributed by atoms with Gasteiger partial charge >= 0.3 is 11.9 Å². The number of aromatic carboxylic acids is 2. The number of carbonyl (C=O) groups is 2. The molecule has 1 aromatic heterocycles. The second kappa shape index (κ2) is 7.57. The molecule has 0 aliphatic carbocycles. The summed E-state index contributed by atoms with van der Waals surface area (Å²) in [7, 11) is 1.33. The summed E-state index contributed by atoms with van der Waals surface area (Å²) in [5.74, 6) is -3.18. The van der Waals surface area contributed by atoms with Crippen LogP contribution in [-0.2, 0) is 0 Å². The fourth-order valence-corrected chi connectivity index (χ4v) is 2.43. The highest BCUT2D eigenvalue weighted by atomic mass is 16.5. The molecular formula is C16H16N2O8. The third kappa shape index (κ3) is 3.44. The molecule has 6 N–H and O–H groups in total. The fraction of sp³-hybridized carbons (Fsp3) is 0.188. The van der Waals surface area contributed by atoms with Crippen LogP contribution in [0, 0.1) is 0 Å². The summed E-state index contributed by atoms with van der Waals surface area (Å²) in [6, 6.07) is 4.08. The molecule has 2 aromatic rings. The number of aromatic amines is 1. The summed E-state index contributed by atoms with van der Waals surface area (Å²) in [6.07, 6.45) is 0. The average molecular weight is 364 g/mol. The topological polar surface area (TPSA) is 172 Å². The van der Waals surface area contributed by atoms with Crippen LogP contribution in [0.3, 0.4) is 0 Å². The fourth-order valence-electron chi connectivity index (χ4n) is 2.43. The summed E-state index contributed by atoms with van der Waals surface area (Å²) in [4.78, 5) is 37.2. The monoisotopic (exact) mass is 364 g/mol. The number of aromatic nitrogens is 1. The Morgan fingerprint density at radius 1 is 1.15 bits per heavy atom. The summed E-state index contributed by atoms with van der Waals surface area (Å²) in [5, 5.41) is 27.6. The Kier molecular flexibility index (Phi) is 5.48. The van der Waals surface area contributed by atoms with Crippen molar-refractivity contribution in [3.8, 4) is 22.6 Å². The number of anilines is 1. The van der Waals surface area contributed by atoms with Crippen LogP contribution < -0.4 is 20.8 Å². The lowest BCUT2D eigenvalue weighted by molar-refractivity contribution is 0.0695. The summed E-state index contributed by atoms with van der Waals surface area (Å²) >= 11 is 0. The highest BCUT2D eigenvalue weighted by molar-refractivity contribution is 6.07. The van der Waals surface area contributed by atoms with E-state index in [0.717, 1.165) is 0 Å². The van der Waals surface area contributed by atoms with Gasteiger partial charge < -0.3 is 35.5 Å². The lowest BCUT2D eigenvalue weighted by Gasteiger charge is -2.15. The van der Waals surface area contributed by atoms with Crippen molar-refractivity contribution in [1.29, 1.82) is 0 Å². The Labute approximate surface area is 146 Å². The number of nitrogens with two attached hydrogens (primary N) is 1. The number of nitrogen functional groups attached to an aromatic ring is 1. The van der Waals surface area contributed by atoms with Gasteiger partial charge in [0.2, 0.25) is 0 Å². The van der Waals surface area contributed by atoms with Gasteiger partial charge in [0.1, 0.15) is 23.6 Å². The molecular weight excluding hydrogens is 348 g/mol. The van der Waals surface area contributed by atoms with Gasteiger partial charge in [0.05, 0.1) is 13.7 Å². The molecule has 2 rings (SSSR count). The molecule has 0 saturated heterocycles. The second-order valence-electron chi connectivity index (χ2n) is 5.04. The minimum absolute atomic E-state index is 0.00554. The number of carboxylic acids is 2. The highest BCUT2D eigenvalue weighted by Crippen LogP contribution is 2.36. The van der Waals surface area contributed by atoms with Gasteiger partial charge in [-0.1, -0.05) is 6.07 Å². The lowest BCUT2D eigenvalue weighted by atomic mass is 9.95. The van der Waals surface area contributed by atoms with Gasteiger partial charge in [0.15, 0.2) is 11.5 Å². The largest absolute Gasteiger partial charge is 0.493 e. The number of benzene rings is 1. The predicted octanol–water partition coefficient (Wildman–Crippen LogP) is 0.400. The lowest BCUT2D eigenvalue weighted by Crippen LogP contribution is -2.24. The number of hydrogen-bond donors (Lipinski definition) is 5. The quantitative estimate of drug-likeness (QED) is 0.466. The molecule has 0 radical (unpaired) electrons. The molecule has 138 valence electrons. The van der Waals surface area contributed by atoms with Crippen molar-refractivity contribution in [1.82, 2.24) is 4.98 Å². The Bertz CT molecular complexity index is 919. The molecule has 10 nitrogen and oxygen atoms in total. The Morgan fingerprint density at radius 2 is 1.81 bits per heavy atom. The molecule has 0 unspecified atom stereocenters. The predicted molar refractivity (Wildman–Crippen MR) is 90.0 cm³/mol. The van der Waals surface area contributed by atoms with E-state index in [1.54, 1.807) is 0 Å². The molecule has 0 bridgehead atoms. The molecule has 0 amide bonds. The molecule has 0 aliphatic heterocycles. The van der Waals surface area contributed by atoms with Crippen LogP contribution in [0.4, 0.5) is 5.82 Å². The molecule has 0 atom stereocenters. The van der Waals surface area contributed by atoms with E-state index in [1.165, 1.54) is 25.3 Å². The minimum atomic E-state index is -1.61. The van der Waals surface area contributed by atoms with E-state index in [4.69, 9.17) is 20.3 Å². The number of hydrogen-bond acceptors (Lipinski definition) is 7. The van der Waals surface area contributed by atoms with Crippen LogP contribution in [0.5, 0.6) is 11.5 Å². The van der Waals surface area contributed by atoms with Crippen LogP contribution in [0.1, 0.15) is 20.7 Å². The molecule has 1 aromatic carbocycles. The van der Waals surface area contributed by atoms with Crippen LogP contribution in [0.25, 0.3) is 11.1 Å². The Morgan fingerprint density at radius 3 is 2.35 bits per heavy atom. The average Bonchev–Trinajstić information content (AvgIpc) is 2.58. The van der Waals surface area contributed by atoms with Gasteiger partial charge in [-0.2, -0.15) is 0 Å². The number of H-pyrrole nitrogens is 1. The number of ether oxygens (including phenoxy) is 2. The van der Waals surface area contributed by atoms with Gasteiger partial charge in [-0.3, -0.25) is 4.79 Å². The maximum Gasteiger partial charge on any atom is 0.342 e. The molecule has 10 heteroatoms. The maximum atomic E-state index is 12.0. The van der Waals surface area contributed by atoms with Crippen LogP contribution >= 0.6 is 0 Å². The van der Waals surface area contributed by atoms with Gasteiger partial charge in [-0.25, -0.2) is 9.59 Å². The van der Waals surface area contributed by atoms with Crippen LogP contribution in [0.15, 0.2) is 23.0 Å². The number of aliphatic hydroxyl groups excluding tert-OH is 1. The summed E-state index contributed by atoms with van der Waals surface area (Å²) in [6.45, 7) is -0.240. The van der Waals surface area contributed by atoms with E-state index in [2.05, 4.69) is 0 Å². The maximum absolute atomic E-state index is 12.0. The third-order valence-corrected chi connectivity index (χ3v) is 3.47. The zero-order valence-corrected chi connectivity index (χ0v) is 13.6.